The number of benzene rings is 4. The molecule has 0 saturated heterocycles. The summed E-state index contributed by atoms with van der Waals surface area (Å²) < 4.78 is 20.3. The van der Waals surface area contributed by atoms with Crippen LogP contribution in [0.4, 0.5) is 15.8 Å². The number of carbonyl (C=O) groups is 1. The number of carbonyl (C=O) groups excluding carboxylic acids is 1. The van der Waals surface area contributed by atoms with E-state index in [4.69, 9.17) is 16.3 Å². The monoisotopic (exact) mass is 540 g/mol. The fraction of sp³-hybridized carbons (Fsp3) is 0.0333. The zero-order valence-corrected chi connectivity index (χ0v) is 21.2. The van der Waals surface area contributed by atoms with Gasteiger partial charge < -0.3 is 15.4 Å². The predicted molar refractivity (Wildman–Crippen MR) is 149 cm³/mol. The van der Waals surface area contributed by atoms with E-state index in [1.54, 1.807) is 72.8 Å². The standard InChI is InChI=1S/C30H22ClFN4O3/c31-25-8-4-5-9-26(25)36-30(38)28(27(19-34-36)39-24-6-2-1-3-7-24)35-23-16-12-21(13-17-23)29(37)33-18-20-10-14-22(32)15-11-20/h1-17,19,35H,18H2,(H,33,37). The maximum Gasteiger partial charge on any atom is 0.299 e. The minimum atomic E-state index is -0.474. The zero-order chi connectivity index (χ0) is 27.2. The molecule has 0 fully saturated rings. The van der Waals surface area contributed by atoms with Gasteiger partial charge in [-0.1, -0.05) is 54.1 Å². The molecule has 0 aliphatic carbocycles. The molecule has 9 heteroatoms. The number of halogens is 2. The van der Waals surface area contributed by atoms with Crippen molar-refractivity contribution < 1.29 is 13.9 Å². The maximum absolute atomic E-state index is 13.6. The number of anilines is 2. The van der Waals surface area contributed by atoms with Crippen LogP contribution in [0.3, 0.4) is 0 Å². The number of nitrogens with one attached hydrogen (secondary N) is 2. The molecule has 1 aromatic heterocycles. The molecule has 5 rings (SSSR count). The van der Waals surface area contributed by atoms with Crippen LogP contribution in [0.1, 0.15) is 15.9 Å². The SMILES string of the molecule is O=C(NCc1ccc(F)cc1)c1ccc(Nc2c(Oc3ccccc3)cnn(-c3ccccc3Cl)c2=O)cc1. The Morgan fingerprint density at radius 2 is 1.59 bits per heavy atom. The first kappa shape index (κ1) is 25.7. The molecular formula is C30H22ClFN4O3. The van der Waals surface area contributed by atoms with Crippen LogP contribution in [-0.4, -0.2) is 15.7 Å². The van der Waals surface area contributed by atoms with Gasteiger partial charge in [-0.05, 0) is 66.2 Å². The van der Waals surface area contributed by atoms with E-state index in [0.29, 0.717) is 27.7 Å². The van der Waals surface area contributed by atoms with Crippen LogP contribution in [0.2, 0.25) is 5.02 Å². The lowest BCUT2D eigenvalue weighted by Crippen LogP contribution is -2.24. The van der Waals surface area contributed by atoms with Gasteiger partial charge in [-0.15, -0.1) is 0 Å². The van der Waals surface area contributed by atoms with E-state index in [0.717, 1.165) is 5.56 Å². The summed E-state index contributed by atoms with van der Waals surface area (Å²) in [5.41, 5.74) is 1.84. The van der Waals surface area contributed by atoms with E-state index in [1.165, 1.54) is 23.0 Å². The lowest BCUT2D eigenvalue weighted by Gasteiger charge is -2.15. The summed E-state index contributed by atoms with van der Waals surface area (Å²) in [6, 6.07) is 28.5. The van der Waals surface area contributed by atoms with Crippen molar-refractivity contribution in [1.82, 2.24) is 15.1 Å². The third-order valence-corrected chi connectivity index (χ3v) is 6.10. The Balaban J connectivity index is 1.40. The van der Waals surface area contributed by atoms with Crippen LogP contribution in [0.25, 0.3) is 5.69 Å². The highest BCUT2D eigenvalue weighted by molar-refractivity contribution is 6.32. The Hall–Kier alpha value is -4.95. The Bertz CT molecular complexity index is 1660. The van der Waals surface area contributed by atoms with Crippen LogP contribution in [0.15, 0.2) is 114 Å². The van der Waals surface area contributed by atoms with Crippen LogP contribution in [0, 0.1) is 5.82 Å². The van der Waals surface area contributed by atoms with Gasteiger partial charge >= 0.3 is 0 Å². The van der Waals surface area contributed by atoms with Crippen molar-refractivity contribution in [1.29, 1.82) is 0 Å². The molecule has 4 aromatic carbocycles. The molecule has 7 nitrogen and oxygen atoms in total. The summed E-state index contributed by atoms with van der Waals surface area (Å²) in [4.78, 5) is 26.2. The fourth-order valence-corrected chi connectivity index (χ4v) is 3.99. The molecule has 5 aromatic rings. The number of hydrogen-bond acceptors (Lipinski definition) is 5. The lowest BCUT2D eigenvalue weighted by atomic mass is 10.1. The highest BCUT2D eigenvalue weighted by Crippen LogP contribution is 2.29. The van der Waals surface area contributed by atoms with E-state index in [9.17, 15) is 14.0 Å². The number of hydrogen-bond donors (Lipinski definition) is 2. The zero-order valence-electron chi connectivity index (χ0n) is 20.5. The summed E-state index contributed by atoms with van der Waals surface area (Å²) >= 11 is 6.33. The van der Waals surface area contributed by atoms with Crippen LogP contribution < -0.4 is 20.9 Å². The fourth-order valence-electron chi connectivity index (χ4n) is 3.78. The van der Waals surface area contributed by atoms with Gasteiger partial charge in [-0.25, -0.2) is 4.39 Å². The van der Waals surface area contributed by atoms with Crippen molar-refractivity contribution >= 4 is 28.9 Å². The van der Waals surface area contributed by atoms with Gasteiger partial charge in [0.05, 0.1) is 16.9 Å². The molecule has 0 aliphatic heterocycles. The quantitative estimate of drug-likeness (QED) is 0.235. The molecule has 0 atom stereocenters. The van der Waals surface area contributed by atoms with E-state index >= 15 is 0 Å². The average Bonchev–Trinajstić information content (AvgIpc) is 2.96. The smallest absolute Gasteiger partial charge is 0.299 e. The van der Waals surface area contributed by atoms with Gasteiger partial charge in [-0.3, -0.25) is 9.59 Å². The van der Waals surface area contributed by atoms with Crippen molar-refractivity contribution in [3.05, 3.63) is 142 Å². The van der Waals surface area contributed by atoms with Crippen LogP contribution in [-0.2, 0) is 6.54 Å². The second-order valence-corrected chi connectivity index (χ2v) is 8.89. The molecule has 0 spiro atoms. The second kappa shape index (κ2) is 11.6. The van der Waals surface area contributed by atoms with Gasteiger partial charge in [0.2, 0.25) is 0 Å². The van der Waals surface area contributed by atoms with E-state index < -0.39 is 5.56 Å². The topological polar surface area (TPSA) is 85.2 Å². The molecule has 194 valence electrons. The van der Waals surface area contributed by atoms with Crippen molar-refractivity contribution in [2.75, 3.05) is 5.32 Å². The van der Waals surface area contributed by atoms with E-state index in [2.05, 4.69) is 15.7 Å². The number of ether oxygens (including phenoxy) is 1. The average molecular weight is 541 g/mol. The highest BCUT2D eigenvalue weighted by atomic mass is 35.5. The van der Waals surface area contributed by atoms with Crippen molar-refractivity contribution in [2.24, 2.45) is 0 Å². The largest absolute Gasteiger partial charge is 0.453 e. The molecule has 0 saturated carbocycles. The van der Waals surface area contributed by atoms with Crippen molar-refractivity contribution in [3.8, 4) is 17.2 Å². The Morgan fingerprint density at radius 3 is 2.31 bits per heavy atom. The molecule has 2 N–H and O–H groups in total. The summed E-state index contributed by atoms with van der Waals surface area (Å²) in [7, 11) is 0. The summed E-state index contributed by atoms with van der Waals surface area (Å²) in [6.45, 7) is 0.262. The predicted octanol–water partition coefficient (Wildman–Crippen LogP) is 6.49. The summed E-state index contributed by atoms with van der Waals surface area (Å²) in [5, 5.41) is 10.6. The molecule has 1 heterocycles. The summed E-state index contributed by atoms with van der Waals surface area (Å²) in [6.07, 6.45) is 1.44. The molecule has 1 amide bonds. The van der Waals surface area contributed by atoms with Crippen molar-refractivity contribution in [2.45, 2.75) is 6.54 Å². The van der Waals surface area contributed by atoms with Gasteiger partial charge in [0.15, 0.2) is 11.4 Å². The van der Waals surface area contributed by atoms with Gasteiger partial charge in [0, 0.05) is 17.8 Å². The number of rotatable bonds is 8. The molecule has 39 heavy (non-hydrogen) atoms. The second-order valence-electron chi connectivity index (χ2n) is 8.48. The normalized spacial score (nSPS) is 10.6. The minimum absolute atomic E-state index is 0.141. The molecule has 0 aliphatic rings. The van der Waals surface area contributed by atoms with Crippen LogP contribution >= 0.6 is 11.6 Å². The Kier molecular flexibility index (Phi) is 7.65. The number of para-hydroxylation sites is 2. The first-order valence-corrected chi connectivity index (χ1v) is 12.4. The van der Waals surface area contributed by atoms with E-state index in [1.807, 2.05) is 18.2 Å². The van der Waals surface area contributed by atoms with Gasteiger partial charge in [0.25, 0.3) is 11.5 Å². The third-order valence-electron chi connectivity index (χ3n) is 5.78. The number of amides is 1. The number of aromatic nitrogens is 2. The number of nitrogens with zero attached hydrogens (tertiary/aromatic N) is 2. The minimum Gasteiger partial charge on any atom is -0.453 e. The first-order chi connectivity index (χ1) is 19.0. The highest BCUT2D eigenvalue weighted by Gasteiger charge is 2.17. The Labute approximate surface area is 228 Å². The van der Waals surface area contributed by atoms with Crippen LogP contribution in [0.5, 0.6) is 11.5 Å². The summed E-state index contributed by atoms with van der Waals surface area (Å²) in [5.74, 6) is 0.128. The maximum atomic E-state index is 13.6. The van der Waals surface area contributed by atoms with Crippen molar-refractivity contribution in [3.63, 3.8) is 0 Å². The molecule has 0 bridgehead atoms. The van der Waals surface area contributed by atoms with Gasteiger partial charge in [-0.2, -0.15) is 9.78 Å². The molecule has 0 unspecified atom stereocenters. The van der Waals surface area contributed by atoms with E-state index in [-0.39, 0.29) is 29.7 Å². The lowest BCUT2D eigenvalue weighted by molar-refractivity contribution is 0.0951. The Morgan fingerprint density at radius 1 is 0.897 bits per heavy atom. The molecular weight excluding hydrogens is 519 g/mol. The third kappa shape index (κ3) is 6.14. The van der Waals surface area contributed by atoms with Gasteiger partial charge in [0.1, 0.15) is 11.6 Å². The molecule has 0 radical (unpaired) electrons. The first-order valence-electron chi connectivity index (χ1n) is 12.0.